The molecule has 0 aliphatic carbocycles. The first-order chi connectivity index (χ1) is 12.2. The van der Waals surface area contributed by atoms with Crippen molar-refractivity contribution in [1.82, 2.24) is 24.6 Å². The molecule has 2 aromatic heterocycles. The van der Waals surface area contributed by atoms with Gasteiger partial charge in [-0.2, -0.15) is 5.10 Å². The Kier molecular flexibility index (Phi) is 4.46. The number of hydrogen-bond donors (Lipinski definition) is 1. The Bertz CT molecular complexity index is 871. The van der Waals surface area contributed by atoms with Crippen LogP contribution >= 0.6 is 0 Å². The van der Waals surface area contributed by atoms with Gasteiger partial charge >= 0.3 is 0 Å². The lowest BCUT2D eigenvalue weighted by Gasteiger charge is -2.16. The fourth-order valence-electron chi connectivity index (χ4n) is 3.75. The lowest BCUT2D eigenvalue weighted by atomic mass is 10.0. The predicted octanol–water partition coefficient (Wildman–Crippen LogP) is 2.08. The molecule has 1 aromatic carbocycles. The summed E-state index contributed by atoms with van der Waals surface area (Å²) >= 11 is 0. The summed E-state index contributed by atoms with van der Waals surface area (Å²) in [5.74, 6) is 0.406. The van der Waals surface area contributed by atoms with Crippen LogP contribution < -0.4 is 5.73 Å². The highest BCUT2D eigenvalue weighted by Gasteiger charge is 2.28. The molecule has 0 amide bonds. The molecular weight excluding hydrogens is 312 g/mol. The van der Waals surface area contributed by atoms with Gasteiger partial charge in [0.15, 0.2) is 5.65 Å². The van der Waals surface area contributed by atoms with E-state index in [0.29, 0.717) is 19.0 Å². The third-order valence-corrected chi connectivity index (χ3v) is 4.88. The van der Waals surface area contributed by atoms with Crippen LogP contribution in [-0.4, -0.2) is 44.3 Å². The molecule has 4 rings (SSSR count). The molecule has 0 spiro atoms. The number of likely N-dealkylation sites (tertiary alicyclic amines) is 1. The summed E-state index contributed by atoms with van der Waals surface area (Å²) in [7, 11) is 0. The molecule has 0 bridgehead atoms. The van der Waals surface area contributed by atoms with Gasteiger partial charge in [0, 0.05) is 37.9 Å². The van der Waals surface area contributed by atoms with Gasteiger partial charge in [-0.3, -0.25) is 4.90 Å². The largest absolute Gasteiger partial charge is 0.329 e. The van der Waals surface area contributed by atoms with Gasteiger partial charge in [-0.05, 0) is 25.5 Å². The summed E-state index contributed by atoms with van der Waals surface area (Å²) in [5, 5.41) is 4.80. The number of hydrogen-bond acceptors (Lipinski definition) is 5. The molecule has 3 aromatic rings. The van der Waals surface area contributed by atoms with Crippen molar-refractivity contribution >= 4 is 11.2 Å². The second-order valence-electron chi connectivity index (χ2n) is 6.84. The van der Waals surface area contributed by atoms with Crippen LogP contribution in [0.5, 0.6) is 0 Å². The Morgan fingerprint density at radius 3 is 2.96 bits per heavy atom. The number of nitrogens with two attached hydrogens (primary N) is 1. The molecule has 1 aliphatic heterocycles. The van der Waals surface area contributed by atoms with Gasteiger partial charge in [-0.1, -0.05) is 29.8 Å². The van der Waals surface area contributed by atoms with Crippen molar-refractivity contribution in [2.24, 2.45) is 5.73 Å². The molecule has 0 radical (unpaired) electrons. The van der Waals surface area contributed by atoms with E-state index in [1.807, 2.05) is 4.68 Å². The minimum absolute atomic E-state index is 0.406. The quantitative estimate of drug-likeness (QED) is 0.772. The Labute approximate surface area is 147 Å². The molecule has 1 aliphatic rings. The van der Waals surface area contributed by atoms with Gasteiger partial charge in [-0.15, -0.1) is 0 Å². The molecular formula is C19H24N6. The first kappa shape index (κ1) is 16.2. The van der Waals surface area contributed by atoms with Crippen LogP contribution in [0.3, 0.4) is 0 Å². The van der Waals surface area contributed by atoms with E-state index in [1.54, 1.807) is 12.4 Å². The molecule has 0 saturated carbocycles. The van der Waals surface area contributed by atoms with E-state index in [1.165, 1.54) is 11.1 Å². The first-order valence-electron chi connectivity index (χ1n) is 8.90. The normalized spacial score (nSPS) is 18.2. The van der Waals surface area contributed by atoms with Crippen molar-refractivity contribution in [1.29, 1.82) is 0 Å². The molecule has 2 N–H and O–H groups in total. The fourth-order valence-corrected chi connectivity index (χ4v) is 3.75. The Morgan fingerprint density at radius 2 is 2.12 bits per heavy atom. The minimum Gasteiger partial charge on any atom is -0.329 e. The van der Waals surface area contributed by atoms with E-state index in [4.69, 9.17) is 10.8 Å². The van der Waals surface area contributed by atoms with Crippen LogP contribution in [0.2, 0.25) is 0 Å². The summed E-state index contributed by atoms with van der Waals surface area (Å²) in [6.45, 7) is 6.46. The zero-order valence-electron chi connectivity index (χ0n) is 14.6. The average molecular weight is 336 g/mol. The molecule has 6 nitrogen and oxygen atoms in total. The number of benzene rings is 1. The van der Waals surface area contributed by atoms with Gasteiger partial charge in [0.1, 0.15) is 5.52 Å². The van der Waals surface area contributed by atoms with Crippen molar-refractivity contribution in [3.05, 3.63) is 53.5 Å². The van der Waals surface area contributed by atoms with Gasteiger partial charge in [-0.25, -0.2) is 14.6 Å². The lowest BCUT2D eigenvalue weighted by Crippen LogP contribution is -2.20. The Balaban J connectivity index is 1.54. The number of aromatic nitrogens is 4. The van der Waals surface area contributed by atoms with E-state index < -0.39 is 0 Å². The van der Waals surface area contributed by atoms with Gasteiger partial charge < -0.3 is 5.73 Å². The monoisotopic (exact) mass is 336 g/mol. The SMILES string of the molecule is Cc1cccc(CN2CCC(c3nn(CCN)c4nccnc34)C2)c1. The van der Waals surface area contributed by atoms with Crippen molar-refractivity contribution in [2.45, 2.75) is 32.4 Å². The summed E-state index contributed by atoms with van der Waals surface area (Å²) in [5.41, 5.74) is 11.3. The molecule has 1 fully saturated rings. The van der Waals surface area contributed by atoms with Crippen LogP contribution in [0.4, 0.5) is 0 Å². The zero-order valence-corrected chi connectivity index (χ0v) is 14.6. The van der Waals surface area contributed by atoms with Crippen LogP contribution in [0.15, 0.2) is 36.7 Å². The van der Waals surface area contributed by atoms with E-state index in [2.05, 4.69) is 46.1 Å². The van der Waals surface area contributed by atoms with E-state index in [-0.39, 0.29) is 0 Å². The van der Waals surface area contributed by atoms with E-state index in [0.717, 1.165) is 42.9 Å². The standard InChI is InChI=1S/C19H24N6/c1-14-3-2-4-15(11-14)12-24-9-5-16(13-24)17-18-19(22-8-7-21-18)25(23-17)10-6-20/h2-4,7-8,11,16H,5-6,9-10,12-13,20H2,1H3. The maximum absolute atomic E-state index is 5.72. The number of rotatable bonds is 5. The predicted molar refractivity (Wildman–Crippen MR) is 98.2 cm³/mol. The highest BCUT2D eigenvalue weighted by atomic mass is 15.3. The molecule has 3 heterocycles. The van der Waals surface area contributed by atoms with Crippen molar-refractivity contribution in [2.75, 3.05) is 19.6 Å². The summed E-state index contributed by atoms with van der Waals surface area (Å²) < 4.78 is 1.90. The molecule has 130 valence electrons. The lowest BCUT2D eigenvalue weighted by molar-refractivity contribution is 0.326. The van der Waals surface area contributed by atoms with Gasteiger partial charge in [0.25, 0.3) is 0 Å². The summed E-state index contributed by atoms with van der Waals surface area (Å²) in [6, 6.07) is 8.75. The second-order valence-corrected chi connectivity index (χ2v) is 6.84. The molecule has 25 heavy (non-hydrogen) atoms. The molecule has 1 unspecified atom stereocenters. The molecule has 1 saturated heterocycles. The first-order valence-corrected chi connectivity index (χ1v) is 8.90. The summed E-state index contributed by atoms with van der Waals surface area (Å²) in [4.78, 5) is 11.5. The maximum Gasteiger partial charge on any atom is 0.177 e. The Hall–Kier alpha value is -2.31. The summed E-state index contributed by atoms with van der Waals surface area (Å²) in [6.07, 6.45) is 4.58. The van der Waals surface area contributed by atoms with E-state index in [9.17, 15) is 0 Å². The third kappa shape index (κ3) is 3.27. The molecule has 1 atom stereocenters. The van der Waals surface area contributed by atoms with Gasteiger partial charge in [0.05, 0.1) is 12.2 Å². The minimum atomic E-state index is 0.406. The van der Waals surface area contributed by atoms with Crippen LogP contribution in [0.25, 0.3) is 11.2 Å². The highest BCUT2D eigenvalue weighted by Crippen LogP contribution is 2.31. The van der Waals surface area contributed by atoms with Crippen LogP contribution in [0, 0.1) is 6.92 Å². The maximum atomic E-state index is 5.72. The smallest absolute Gasteiger partial charge is 0.177 e. The van der Waals surface area contributed by atoms with E-state index >= 15 is 0 Å². The zero-order chi connectivity index (χ0) is 17.2. The van der Waals surface area contributed by atoms with Gasteiger partial charge in [0.2, 0.25) is 0 Å². The topological polar surface area (TPSA) is 72.9 Å². The number of aryl methyl sites for hydroxylation is 1. The average Bonchev–Trinajstić information content (AvgIpc) is 3.20. The highest BCUT2D eigenvalue weighted by molar-refractivity contribution is 5.73. The van der Waals surface area contributed by atoms with Crippen LogP contribution in [0.1, 0.15) is 29.2 Å². The number of nitrogens with zero attached hydrogens (tertiary/aromatic N) is 5. The van der Waals surface area contributed by atoms with Crippen molar-refractivity contribution < 1.29 is 0 Å². The third-order valence-electron chi connectivity index (χ3n) is 4.88. The molecule has 6 heteroatoms. The van der Waals surface area contributed by atoms with Crippen molar-refractivity contribution in [3.8, 4) is 0 Å². The fraction of sp³-hybridized carbons (Fsp3) is 0.421. The second kappa shape index (κ2) is 6.90. The Morgan fingerprint density at radius 1 is 1.24 bits per heavy atom. The number of fused-ring (bicyclic) bond motifs is 1. The van der Waals surface area contributed by atoms with Crippen LogP contribution in [-0.2, 0) is 13.1 Å². The van der Waals surface area contributed by atoms with Crippen molar-refractivity contribution in [3.63, 3.8) is 0 Å².